The predicted molar refractivity (Wildman–Crippen MR) is 81.0 cm³/mol. The van der Waals surface area contributed by atoms with Crippen LogP contribution in [-0.4, -0.2) is 29.8 Å². The van der Waals surface area contributed by atoms with Crippen LogP contribution in [-0.2, 0) is 12.3 Å². The van der Waals surface area contributed by atoms with E-state index in [4.69, 9.17) is 0 Å². The van der Waals surface area contributed by atoms with Crippen molar-refractivity contribution in [2.24, 2.45) is 0 Å². The van der Waals surface area contributed by atoms with Crippen LogP contribution in [0.3, 0.4) is 0 Å². The Morgan fingerprint density at radius 2 is 2.23 bits per heavy atom. The third-order valence-electron chi connectivity index (χ3n) is 3.81. The number of benzene rings is 1. The van der Waals surface area contributed by atoms with Gasteiger partial charge in [0.05, 0.1) is 17.3 Å². The Morgan fingerprint density at radius 3 is 3.00 bits per heavy atom. The van der Waals surface area contributed by atoms with E-state index in [1.807, 2.05) is 22.2 Å². The maximum atomic E-state index is 13.9. The van der Waals surface area contributed by atoms with Crippen LogP contribution in [0, 0.1) is 5.82 Å². The smallest absolute Gasteiger partial charge is 0.210 e. The van der Waals surface area contributed by atoms with E-state index in [1.165, 1.54) is 6.07 Å². The molecule has 0 radical (unpaired) electrons. The van der Waals surface area contributed by atoms with E-state index in [-0.39, 0.29) is 5.82 Å². The van der Waals surface area contributed by atoms with E-state index in [9.17, 15) is 4.39 Å². The number of tetrazole rings is 1. The first-order valence-corrected chi connectivity index (χ1v) is 8.30. The number of nitrogens with zero attached hydrogens (tertiary/aromatic N) is 6. The summed E-state index contributed by atoms with van der Waals surface area (Å²) in [5, 5.41) is 12.7. The number of hydrogen-bond donors (Lipinski definition) is 0. The summed E-state index contributed by atoms with van der Waals surface area (Å²) in [5.74, 6) is 1.19. The summed E-state index contributed by atoms with van der Waals surface area (Å²) in [6.45, 7) is 2.79. The van der Waals surface area contributed by atoms with Crippen LogP contribution in [0.1, 0.15) is 31.6 Å². The SMILES string of the molecule is CCn1c(CSc2nnnn2C2CC2)nc2c(F)cccc21. The minimum absolute atomic E-state index is 0.279. The second-order valence-electron chi connectivity index (χ2n) is 5.31. The summed E-state index contributed by atoms with van der Waals surface area (Å²) >= 11 is 1.55. The topological polar surface area (TPSA) is 61.4 Å². The van der Waals surface area contributed by atoms with Crippen LogP contribution in [0.25, 0.3) is 11.0 Å². The molecule has 0 saturated heterocycles. The largest absolute Gasteiger partial charge is 0.327 e. The normalized spacial score (nSPS) is 14.8. The maximum Gasteiger partial charge on any atom is 0.210 e. The van der Waals surface area contributed by atoms with E-state index < -0.39 is 0 Å². The van der Waals surface area contributed by atoms with Crippen molar-refractivity contribution in [3.8, 4) is 0 Å². The highest BCUT2D eigenvalue weighted by molar-refractivity contribution is 7.98. The molecule has 1 aromatic carbocycles. The van der Waals surface area contributed by atoms with Crippen molar-refractivity contribution < 1.29 is 4.39 Å². The summed E-state index contributed by atoms with van der Waals surface area (Å²) in [6, 6.07) is 5.51. The van der Waals surface area contributed by atoms with Gasteiger partial charge in [-0.25, -0.2) is 14.1 Å². The monoisotopic (exact) mass is 318 g/mol. The van der Waals surface area contributed by atoms with Crippen LogP contribution in [0.2, 0.25) is 0 Å². The van der Waals surface area contributed by atoms with Gasteiger partial charge in [-0.1, -0.05) is 17.8 Å². The van der Waals surface area contributed by atoms with Crippen LogP contribution in [0.4, 0.5) is 4.39 Å². The number of para-hydroxylation sites is 1. The molecule has 2 aromatic heterocycles. The summed E-state index contributed by atoms with van der Waals surface area (Å²) in [6.07, 6.45) is 2.27. The molecular formula is C14H15FN6S. The molecule has 1 aliphatic carbocycles. The molecule has 0 aliphatic heterocycles. The van der Waals surface area contributed by atoms with Gasteiger partial charge in [0.15, 0.2) is 5.82 Å². The molecule has 8 heteroatoms. The molecule has 0 N–H and O–H groups in total. The fourth-order valence-corrected chi connectivity index (χ4v) is 3.47. The molecule has 3 aromatic rings. The number of rotatable bonds is 5. The molecule has 0 atom stereocenters. The molecule has 0 unspecified atom stereocenters. The number of thioether (sulfide) groups is 1. The van der Waals surface area contributed by atoms with Crippen molar-refractivity contribution in [2.45, 2.75) is 43.3 Å². The molecule has 1 aliphatic rings. The number of hydrogen-bond acceptors (Lipinski definition) is 5. The first kappa shape index (κ1) is 13.7. The zero-order valence-electron chi connectivity index (χ0n) is 12.1. The molecule has 4 rings (SSSR count). The average Bonchev–Trinajstić information content (AvgIpc) is 3.14. The number of aromatic nitrogens is 6. The zero-order valence-corrected chi connectivity index (χ0v) is 12.9. The summed E-state index contributed by atoms with van der Waals surface area (Å²) in [5.41, 5.74) is 1.27. The molecule has 0 amide bonds. The first-order valence-electron chi connectivity index (χ1n) is 7.32. The molecule has 1 saturated carbocycles. The lowest BCUT2D eigenvalue weighted by atomic mass is 10.3. The van der Waals surface area contributed by atoms with E-state index in [0.717, 1.165) is 35.9 Å². The lowest BCUT2D eigenvalue weighted by molar-refractivity contribution is 0.565. The van der Waals surface area contributed by atoms with Crippen LogP contribution in [0.5, 0.6) is 0 Å². The lowest BCUT2D eigenvalue weighted by Crippen LogP contribution is -2.02. The summed E-state index contributed by atoms with van der Waals surface area (Å²) < 4.78 is 17.8. The predicted octanol–water partition coefficient (Wildman–Crippen LogP) is 2.81. The Kier molecular flexibility index (Phi) is 3.33. The fraction of sp³-hybridized carbons (Fsp3) is 0.429. The van der Waals surface area contributed by atoms with E-state index in [0.29, 0.717) is 17.3 Å². The van der Waals surface area contributed by atoms with Gasteiger partial charge >= 0.3 is 0 Å². The summed E-state index contributed by atoms with van der Waals surface area (Å²) in [4.78, 5) is 4.46. The van der Waals surface area contributed by atoms with Gasteiger partial charge in [0.2, 0.25) is 5.16 Å². The van der Waals surface area contributed by atoms with Gasteiger partial charge in [-0.05, 0) is 42.3 Å². The van der Waals surface area contributed by atoms with Crippen molar-refractivity contribution in [1.82, 2.24) is 29.8 Å². The van der Waals surface area contributed by atoms with Gasteiger partial charge in [-0.3, -0.25) is 0 Å². The molecular weight excluding hydrogens is 303 g/mol. The average molecular weight is 318 g/mol. The quantitative estimate of drug-likeness (QED) is 0.677. The molecule has 1 fully saturated rings. The van der Waals surface area contributed by atoms with Crippen LogP contribution in [0.15, 0.2) is 23.4 Å². The van der Waals surface area contributed by atoms with Crippen molar-refractivity contribution >= 4 is 22.8 Å². The Morgan fingerprint density at radius 1 is 1.36 bits per heavy atom. The van der Waals surface area contributed by atoms with Gasteiger partial charge in [-0.2, -0.15) is 0 Å². The van der Waals surface area contributed by atoms with Crippen LogP contribution < -0.4 is 0 Å². The van der Waals surface area contributed by atoms with Gasteiger partial charge in [0.1, 0.15) is 11.3 Å². The number of halogens is 1. The standard InChI is InChI=1S/C14H15FN6S/c1-2-20-11-5-3-4-10(15)13(11)16-12(20)8-22-14-17-18-19-21(14)9-6-7-9/h3-5,9H,2,6-8H2,1H3. The first-order chi connectivity index (χ1) is 10.8. The second kappa shape index (κ2) is 5.35. The van der Waals surface area contributed by atoms with Gasteiger partial charge in [0, 0.05) is 6.54 Å². The number of imidazole rings is 1. The Balaban J connectivity index is 1.63. The highest BCUT2D eigenvalue weighted by Gasteiger charge is 2.28. The molecule has 0 bridgehead atoms. The number of aryl methyl sites for hydroxylation is 1. The van der Waals surface area contributed by atoms with Crippen molar-refractivity contribution in [1.29, 1.82) is 0 Å². The third kappa shape index (κ3) is 2.27. The molecule has 6 nitrogen and oxygen atoms in total. The van der Waals surface area contributed by atoms with Gasteiger partial charge in [-0.15, -0.1) is 5.10 Å². The van der Waals surface area contributed by atoms with E-state index >= 15 is 0 Å². The third-order valence-corrected chi connectivity index (χ3v) is 4.74. The Bertz CT molecular complexity index is 822. The maximum absolute atomic E-state index is 13.9. The Hall–Kier alpha value is -1.96. The summed E-state index contributed by atoms with van der Waals surface area (Å²) in [7, 11) is 0. The molecule has 114 valence electrons. The number of fused-ring (bicyclic) bond motifs is 1. The fourth-order valence-electron chi connectivity index (χ4n) is 2.58. The van der Waals surface area contributed by atoms with E-state index in [1.54, 1.807) is 17.8 Å². The lowest BCUT2D eigenvalue weighted by Gasteiger charge is -2.05. The zero-order chi connectivity index (χ0) is 15.1. The van der Waals surface area contributed by atoms with Crippen molar-refractivity contribution in [3.05, 3.63) is 29.8 Å². The minimum atomic E-state index is -0.279. The highest BCUT2D eigenvalue weighted by Crippen LogP contribution is 2.37. The van der Waals surface area contributed by atoms with Crippen molar-refractivity contribution in [3.63, 3.8) is 0 Å². The van der Waals surface area contributed by atoms with Crippen LogP contribution >= 0.6 is 11.8 Å². The minimum Gasteiger partial charge on any atom is -0.327 e. The second-order valence-corrected chi connectivity index (χ2v) is 6.25. The van der Waals surface area contributed by atoms with Gasteiger partial charge in [0.25, 0.3) is 0 Å². The molecule has 0 spiro atoms. The molecule has 22 heavy (non-hydrogen) atoms. The van der Waals surface area contributed by atoms with Crippen molar-refractivity contribution in [2.75, 3.05) is 0 Å². The van der Waals surface area contributed by atoms with Gasteiger partial charge < -0.3 is 4.57 Å². The van der Waals surface area contributed by atoms with E-state index in [2.05, 4.69) is 20.5 Å². The Labute approximate surface area is 130 Å². The highest BCUT2D eigenvalue weighted by atomic mass is 32.2. The molecule has 2 heterocycles.